The molecule has 1 N–H and O–H groups in total. The average Bonchev–Trinajstić information content (AvgIpc) is 2.95. The minimum atomic E-state index is -0.206. The van der Waals surface area contributed by atoms with Crippen LogP contribution in [0.1, 0.15) is 18.9 Å². The molecule has 1 aromatic heterocycles. The molecule has 112 valence electrons. The van der Waals surface area contributed by atoms with Crippen LogP contribution < -0.4 is 5.32 Å². The van der Waals surface area contributed by atoms with Crippen LogP contribution in [0.5, 0.6) is 0 Å². The molecule has 0 fully saturated rings. The molecular formula is C14H17N3O2S2. The molecule has 0 bridgehead atoms. The molecule has 0 unspecified atom stereocenters. The number of carbonyl (C=O) groups is 1. The third-order valence-electron chi connectivity index (χ3n) is 2.81. The van der Waals surface area contributed by atoms with E-state index in [1.54, 1.807) is 0 Å². The van der Waals surface area contributed by atoms with Crippen LogP contribution in [0.2, 0.25) is 0 Å². The molecule has 1 heterocycles. The van der Waals surface area contributed by atoms with Gasteiger partial charge in [0.15, 0.2) is 4.34 Å². The Kier molecular flexibility index (Phi) is 6.01. The second kappa shape index (κ2) is 7.99. The zero-order valence-corrected chi connectivity index (χ0v) is 13.6. The van der Waals surface area contributed by atoms with Gasteiger partial charge in [0.25, 0.3) is 0 Å². The number of aryl methyl sites for hydroxylation is 1. The molecule has 2 aromatic rings. The summed E-state index contributed by atoms with van der Waals surface area (Å²) in [5, 5.41) is 12.3. The number of aromatic nitrogens is 2. The van der Waals surface area contributed by atoms with Crippen LogP contribution in [-0.2, 0) is 16.0 Å². The Balaban J connectivity index is 1.92. The van der Waals surface area contributed by atoms with Gasteiger partial charge in [-0.2, -0.15) is 0 Å². The predicted molar refractivity (Wildman–Crippen MR) is 86.4 cm³/mol. The summed E-state index contributed by atoms with van der Waals surface area (Å²) in [6.07, 6.45) is 1.34. The highest BCUT2D eigenvalue weighted by atomic mass is 32.2. The van der Waals surface area contributed by atoms with Gasteiger partial charge < -0.3 is 10.1 Å². The van der Waals surface area contributed by atoms with Gasteiger partial charge >= 0.3 is 5.97 Å². The van der Waals surface area contributed by atoms with Gasteiger partial charge in [0, 0.05) is 11.4 Å². The molecule has 0 aliphatic carbocycles. The van der Waals surface area contributed by atoms with Gasteiger partial charge in [0.2, 0.25) is 5.13 Å². The van der Waals surface area contributed by atoms with Crippen molar-refractivity contribution in [3.05, 3.63) is 29.8 Å². The van der Waals surface area contributed by atoms with Gasteiger partial charge in [-0.05, 0) is 18.1 Å². The van der Waals surface area contributed by atoms with E-state index in [0.29, 0.717) is 12.2 Å². The van der Waals surface area contributed by atoms with Gasteiger partial charge in [-0.25, -0.2) is 0 Å². The number of ether oxygens (including phenoxy) is 1. The SMILES string of the molecule is CCc1ccccc1Nc1nnc(SCCC(=O)OC)s1. The summed E-state index contributed by atoms with van der Waals surface area (Å²) < 4.78 is 5.44. The van der Waals surface area contributed by atoms with Gasteiger partial charge in [0.05, 0.1) is 13.5 Å². The van der Waals surface area contributed by atoms with Crippen molar-refractivity contribution in [2.24, 2.45) is 0 Å². The molecule has 7 heteroatoms. The van der Waals surface area contributed by atoms with Crippen molar-refractivity contribution in [3.8, 4) is 0 Å². The molecule has 2 rings (SSSR count). The summed E-state index contributed by atoms with van der Waals surface area (Å²) in [5.41, 5.74) is 2.30. The third-order valence-corrected chi connectivity index (χ3v) is 4.78. The molecule has 0 amide bonds. The zero-order valence-electron chi connectivity index (χ0n) is 12.0. The number of anilines is 2. The predicted octanol–water partition coefficient (Wildman–Crippen LogP) is 3.50. The fourth-order valence-corrected chi connectivity index (χ4v) is 3.46. The number of carbonyl (C=O) groups excluding carboxylic acids is 1. The molecule has 0 atom stereocenters. The van der Waals surface area contributed by atoms with E-state index in [9.17, 15) is 4.79 Å². The Labute approximate surface area is 132 Å². The summed E-state index contributed by atoms with van der Waals surface area (Å²) >= 11 is 2.99. The molecular weight excluding hydrogens is 306 g/mol. The lowest BCUT2D eigenvalue weighted by atomic mass is 10.1. The topological polar surface area (TPSA) is 64.1 Å². The number of para-hydroxylation sites is 1. The van der Waals surface area contributed by atoms with E-state index in [4.69, 9.17) is 0 Å². The van der Waals surface area contributed by atoms with Gasteiger partial charge in [0.1, 0.15) is 0 Å². The minimum Gasteiger partial charge on any atom is -0.469 e. The van der Waals surface area contributed by atoms with Crippen LogP contribution in [0.4, 0.5) is 10.8 Å². The van der Waals surface area contributed by atoms with Crippen molar-refractivity contribution in [3.63, 3.8) is 0 Å². The summed E-state index contributed by atoms with van der Waals surface area (Å²) in [6, 6.07) is 8.15. The van der Waals surface area contributed by atoms with E-state index in [1.165, 1.54) is 35.8 Å². The van der Waals surface area contributed by atoms with Crippen LogP contribution in [0.3, 0.4) is 0 Å². The second-order valence-corrected chi connectivity index (χ2v) is 6.50. The number of nitrogens with one attached hydrogen (secondary N) is 1. The Morgan fingerprint density at radius 2 is 2.19 bits per heavy atom. The number of hydrogen-bond donors (Lipinski definition) is 1. The van der Waals surface area contributed by atoms with E-state index in [2.05, 4.69) is 33.2 Å². The molecule has 0 aliphatic rings. The van der Waals surface area contributed by atoms with Gasteiger partial charge in [-0.1, -0.05) is 48.2 Å². The second-order valence-electron chi connectivity index (χ2n) is 4.18. The highest BCUT2D eigenvalue weighted by Crippen LogP contribution is 2.29. The zero-order chi connectivity index (χ0) is 15.1. The fraction of sp³-hybridized carbons (Fsp3) is 0.357. The van der Waals surface area contributed by atoms with E-state index in [1.807, 2.05) is 18.2 Å². The molecule has 0 saturated carbocycles. The molecule has 0 radical (unpaired) electrons. The quantitative estimate of drug-likeness (QED) is 0.621. The number of rotatable bonds is 7. The third kappa shape index (κ3) is 4.71. The van der Waals surface area contributed by atoms with E-state index < -0.39 is 0 Å². The fourth-order valence-electron chi connectivity index (χ4n) is 1.71. The van der Waals surface area contributed by atoms with Crippen molar-refractivity contribution >= 4 is 39.9 Å². The van der Waals surface area contributed by atoms with E-state index in [0.717, 1.165) is 21.6 Å². The molecule has 5 nitrogen and oxygen atoms in total. The van der Waals surface area contributed by atoms with E-state index in [-0.39, 0.29) is 5.97 Å². The first kappa shape index (κ1) is 15.8. The summed E-state index contributed by atoms with van der Waals surface area (Å²) in [6.45, 7) is 2.12. The first-order valence-electron chi connectivity index (χ1n) is 6.61. The van der Waals surface area contributed by atoms with E-state index >= 15 is 0 Å². The van der Waals surface area contributed by atoms with Crippen LogP contribution >= 0.6 is 23.1 Å². The number of thioether (sulfide) groups is 1. The highest BCUT2D eigenvalue weighted by Gasteiger charge is 2.08. The Morgan fingerprint density at radius 3 is 2.95 bits per heavy atom. The van der Waals surface area contributed by atoms with Crippen LogP contribution in [0.15, 0.2) is 28.6 Å². The number of benzene rings is 1. The lowest BCUT2D eigenvalue weighted by molar-refractivity contribution is -0.140. The monoisotopic (exact) mass is 323 g/mol. The Hall–Kier alpha value is -1.60. The maximum Gasteiger partial charge on any atom is 0.306 e. The number of methoxy groups -OCH3 is 1. The number of esters is 1. The summed E-state index contributed by atoms with van der Waals surface area (Å²) in [5.74, 6) is 0.439. The van der Waals surface area contributed by atoms with Crippen molar-refractivity contribution in [1.29, 1.82) is 0 Å². The smallest absolute Gasteiger partial charge is 0.306 e. The largest absolute Gasteiger partial charge is 0.469 e. The summed E-state index contributed by atoms with van der Waals surface area (Å²) in [4.78, 5) is 11.0. The normalized spacial score (nSPS) is 10.4. The Bertz CT molecular complexity index is 601. The lowest BCUT2D eigenvalue weighted by Crippen LogP contribution is -2.00. The minimum absolute atomic E-state index is 0.206. The standard InChI is InChI=1S/C14H17N3O2S2/c1-3-10-6-4-5-7-11(10)15-13-16-17-14(21-13)20-9-8-12(18)19-2/h4-7H,3,8-9H2,1-2H3,(H,15,16). The molecule has 0 aliphatic heterocycles. The summed E-state index contributed by atoms with van der Waals surface area (Å²) in [7, 11) is 1.39. The average molecular weight is 323 g/mol. The van der Waals surface area contributed by atoms with Crippen molar-refractivity contribution in [2.75, 3.05) is 18.2 Å². The van der Waals surface area contributed by atoms with Crippen LogP contribution in [0, 0.1) is 0 Å². The molecule has 21 heavy (non-hydrogen) atoms. The molecule has 0 spiro atoms. The Morgan fingerprint density at radius 1 is 1.38 bits per heavy atom. The molecule has 0 saturated heterocycles. The van der Waals surface area contributed by atoms with Crippen molar-refractivity contribution in [1.82, 2.24) is 10.2 Å². The van der Waals surface area contributed by atoms with Crippen molar-refractivity contribution in [2.45, 2.75) is 24.1 Å². The van der Waals surface area contributed by atoms with Crippen LogP contribution in [-0.4, -0.2) is 29.0 Å². The molecule has 1 aromatic carbocycles. The first-order valence-corrected chi connectivity index (χ1v) is 8.41. The number of hydrogen-bond acceptors (Lipinski definition) is 7. The maximum atomic E-state index is 11.0. The maximum absolute atomic E-state index is 11.0. The van der Waals surface area contributed by atoms with Crippen LogP contribution in [0.25, 0.3) is 0 Å². The highest BCUT2D eigenvalue weighted by molar-refractivity contribution is 8.01. The first-order chi connectivity index (χ1) is 10.2. The van der Waals surface area contributed by atoms with Crippen molar-refractivity contribution < 1.29 is 9.53 Å². The van der Waals surface area contributed by atoms with Gasteiger partial charge in [-0.3, -0.25) is 4.79 Å². The lowest BCUT2D eigenvalue weighted by Gasteiger charge is -2.06. The number of nitrogens with zero attached hydrogens (tertiary/aromatic N) is 2. The van der Waals surface area contributed by atoms with Gasteiger partial charge in [-0.15, -0.1) is 10.2 Å².